The molecule has 1 unspecified atom stereocenters. The first kappa shape index (κ1) is 13.6. The molecule has 0 aliphatic heterocycles. The molecule has 2 saturated carbocycles. The van der Waals surface area contributed by atoms with Gasteiger partial charge in [-0.1, -0.05) is 47.3 Å². The van der Waals surface area contributed by atoms with Crippen molar-refractivity contribution in [2.75, 3.05) is 0 Å². The van der Waals surface area contributed by atoms with Crippen molar-refractivity contribution in [3.8, 4) is 0 Å². The molecule has 0 heterocycles. The van der Waals surface area contributed by atoms with Gasteiger partial charge in [-0.05, 0) is 55.7 Å². The molecule has 104 valence electrons. The lowest BCUT2D eigenvalue weighted by Gasteiger charge is -2.25. The van der Waals surface area contributed by atoms with Crippen LogP contribution in [0.25, 0.3) is 0 Å². The summed E-state index contributed by atoms with van der Waals surface area (Å²) in [7, 11) is 0. The Morgan fingerprint density at radius 2 is 1.89 bits per heavy atom. The zero-order valence-corrected chi connectivity index (χ0v) is 13.4. The maximum absolute atomic E-state index is 6.18. The third-order valence-electron chi connectivity index (χ3n) is 5.28. The molecule has 19 heavy (non-hydrogen) atoms. The molecular weight excluding hydrogens is 298 g/mol. The normalized spacial score (nSPS) is 24.2. The van der Waals surface area contributed by atoms with Gasteiger partial charge in [0.15, 0.2) is 0 Å². The van der Waals surface area contributed by atoms with Gasteiger partial charge in [0.2, 0.25) is 0 Å². The largest absolute Gasteiger partial charge is 0.327 e. The van der Waals surface area contributed by atoms with Gasteiger partial charge in [0.1, 0.15) is 0 Å². The molecule has 0 amide bonds. The Labute approximate surface area is 125 Å². The van der Waals surface area contributed by atoms with Crippen molar-refractivity contribution in [3.05, 3.63) is 33.8 Å². The number of halogens is 1. The molecule has 1 aromatic carbocycles. The summed E-state index contributed by atoms with van der Waals surface area (Å²) in [5, 5.41) is 0. The molecule has 2 heteroatoms. The summed E-state index contributed by atoms with van der Waals surface area (Å²) in [6.07, 6.45) is 9.41. The van der Waals surface area contributed by atoms with Crippen molar-refractivity contribution < 1.29 is 0 Å². The van der Waals surface area contributed by atoms with Crippen molar-refractivity contribution in [1.82, 2.24) is 0 Å². The van der Waals surface area contributed by atoms with E-state index in [1.807, 2.05) is 0 Å². The van der Waals surface area contributed by atoms with Crippen LogP contribution in [0.15, 0.2) is 22.7 Å². The fourth-order valence-electron chi connectivity index (χ4n) is 3.72. The second-order valence-electron chi connectivity index (χ2n) is 6.52. The summed E-state index contributed by atoms with van der Waals surface area (Å²) in [5.74, 6) is 0.766. The molecule has 0 saturated heterocycles. The molecule has 1 aromatic rings. The average Bonchev–Trinajstić information content (AvgIpc) is 3.21. The molecule has 2 fully saturated rings. The average molecular weight is 322 g/mol. The van der Waals surface area contributed by atoms with Crippen molar-refractivity contribution in [2.24, 2.45) is 5.73 Å². The zero-order valence-electron chi connectivity index (χ0n) is 11.8. The lowest BCUT2D eigenvalue weighted by molar-refractivity contribution is 0.442. The van der Waals surface area contributed by atoms with Crippen molar-refractivity contribution in [2.45, 2.75) is 69.2 Å². The van der Waals surface area contributed by atoms with E-state index in [-0.39, 0.29) is 11.5 Å². The lowest BCUT2D eigenvalue weighted by atomic mass is 9.82. The van der Waals surface area contributed by atoms with Crippen LogP contribution in [0.1, 0.15) is 68.9 Å². The Bertz CT molecular complexity index is 456. The number of rotatable bonds is 3. The summed E-state index contributed by atoms with van der Waals surface area (Å²) in [5.41, 5.74) is 9.41. The SMILES string of the molecule is CC(N)C1(c2ccc(C3CCCCC3)c(Br)c2)CC1. The third-order valence-corrected chi connectivity index (χ3v) is 5.97. The fourth-order valence-corrected chi connectivity index (χ4v) is 4.43. The van der Waals surface area contributed by atoms with Gasteiger partial charge in [0, 0.05) is 15.9 Å². The van der Waals surface area contributed by atoms with Crippen LogP contribution >= 0.6 is 15.9 Å². The van der Waals surface area contributed by atoms with Crippen LogP contribution in [0, 0.1) is 0 Å². The Morgan fingerprint density at radius 1 is 1.21 bits per heavy atom. The highest BCUT2D eigenvalue weighted by Gasteiger charge is 2.47. The predicted molar refractivity (Wildman–Crippen MR) is 84.5 cm³/mol. The van der Waals surface area contributed by atoms with Gasteiger partial charge in [-0.15, -0.1) is 0 Å². The summed E-state index contributed by atoms with van der Waals surface area (Å²) in [6.45, 7) is 2.15. The number of nitrogens with two attached hydrogens (primary N) is 1. The van der Waals surface area contributed by atoms with Gasteiger partial charge in [-0.2, -0.15) is 0 Å². The highest BCUT2D eigenvalue weighted by Crippen LogP contribution is 2.51. The summed E-state index contributed by atoms with van der Waals surface area (Å²) in [4.78, 5) is 0. The van der Waals surface area contributed by atoms with Gasteiger partial charge < -0.3 is 5.73 Å². The van der Waals surface area contributed by atoms with Gasteiger partial charge in [-0.25, -0.2) is 0 Å². The Morgan fingerprint density at radius 3 is 2.42 bits per heavy atom. The van der Waals surface area contributed by atoms with E-state index in [0.717, 1.165) is 5.92 Å². The molecule has 1 nitrogen and oxygen atoms in total. The lowest BCUT2D eigenvalue weighted by Crippen LogP contribution is -2.31. The van der Waals surface area contributed by atoms with Crippen molar-refractivity contribution >= 4 is 15.9 Å². The van der Waals surface area contributed by atoms with E-state index in [9.17, 15) is 0 Å². The molecule has 0 bridgehead atoms. The van der Waals surface area contributed by atoms with Gasteiger partial charge in [0.05, 0.1) is 0 Å². The quantitative estimate of drug-likeness (QED) is 0.843. The molecule has 0 spiro atoms. The second-order valence-corrected chi connectivity index (χ2v) is 7.37. The van der Waals surface area contributed by atoms with Crippen molar-refractivity contribution in [3.63, 3.8) is 0 Å². The van der Waals surface area contributed by atoms with E-state index in [4.69, 9.17) is 5.73 Å². The van der Waals surface area contributed by atoms with Crippen LogP contribution in [-0.2, 0) is 5.41 Å². The molecule has 2 aliphatic carbocycles. The maximum Gasteiger partial charge on any atom is 0.0213 e. The number of hydrogen-bond acceptors (Lipinski definition) is 1. The van der Waals surface area contributed by atoms with E-state index in [1.54, 1.807) is 0 Å². The minimum absolute atomic E-state index is 0.264. The van der Waals surface area contributed by atoms with E-state index < -0.39 is 0 Å². The van der Waals surface area contributed by atoms with Crippen LogP contribution in [0.3, 0.4) is 0 Å². The number of benzene rings is 1. The third kappa shape index (κ3) is 2.50. The van der Waals surface area contributed by atoms with Gasteiger partial charge >= 0.3 is 0 Å². The summed E-state index contributed by atoms with van der Waals surface area (Å²) >= 11 is 3.81. The monoisotopic (exact) mass is 321 g/mol. The maximum atomic E-state index is 6.18. The first-order valence-electron chi connectivity index (χ1n) is 7.69. The highest BCUT2D eigenvalue weighted by atomic mass is 79.9. The Kier molecular flexibility index (Phi) is 3.74. The highest BCUT2D eigenvalue weighted by molar-refractivity contribution is 9.10. The molecule has 3 rings (SSSR count). The van der Waals surface area contributed by atoms with Crippen LogP contribution in [0.5, 0.6) is 0 Å². The predicted octanol–water partition coefficient (Wildman–Crippen LogP) is 4.88. The van der Waals surface area contributed by atoms with E-state index >= 15 is 0 Å². The summed E-state index contributed by atoms with van der Waals surface area (Å²) in [6, 6.07) is 7.31. The molecule has 0 radical (unpaired) electrons. The van der Waals surface area contributed by atoms with E-state index in [0.29, 0.717) is 0 Å². The van der Waals surface area contributed by atoms with E-state index in [2.05, 4.69) is 41.1 Å². The van der Waals surface area contributed by atoms with Crippen LogP contribution in [0.2, 0.25) is 0 Å². The zero-order chi connectivity index (χ0) is 13.5. The van der Waals surface area contributed by atoms with Crippen LogP contribution < -0.4 is 5.73 Å². The minimum atomic E-state index is 0.264. The minimum Gasteiger partial charge on any atom is -0.327 e. The van der Waals surface area contributed by atoms with Gasteiger partial charge in [0.25, 0.3) is 0 Å². The van der Waals surface area contributed by atoms with Crippen LogP contribution in [0.4, 0.5) is 0 Å². The standard InChI is InChI=1S/C17H24BrN/c1-12(19)17(9-10-17)14-7-8-15(16(18)11-14)13-5-3-2-4-6-13/h7-8,11-13H,2-6,9-10,19H2,1H3. The summed E-state index contributed by atoms with van der Waals surface area (Å²) < 4.78 is 1.31. The van der Waals surface area contributed by atoms with E-state index in [1.165, 1.54) is 60.5 Å². The first-order chi connectivity index (χ1) is 9.13. The number of hydrogen-bond donors (Lipinski definition) is 1. The molecule has 1 atom stereocenters. The molecule has 0 aromatic heterocycles. The Hall–Kier alpha value is -0.340. The molecule has 2 aliphatic rings. The van der Waals surface area contributed by atoms with Gasteiger partial charge in [-0.3, -0.25) is 0 Å². The van der Waals surface area contributed by atoms with Crippen molar-refractivity contribution in [1.29, 1.82) is 0 Å². The smallest absolute Gasteiger partial charge is 0.0213 e. The fraction of sp³-hybridized carbons (Fsp3) is 0.647. The molecule has 2 N–H and O–H groups in total. The molecular formula is C17H24BrN. The second kappa shape index (κ2) is 5.21. The van der Waals surface area contributed by atoms with Crippen LogP contribution in [-0.4, -0.2) is 6.04 Å². The topological polar surface area (TPSA) is 26.0 Å². The Balaban J connectivity index is 1.86. The first-order valence-corrected chi connectivity index (χ1v) is 8.48.